The molecule has 0 radical (unpaired) electrons. The number of ether oxygens (including phenoxy) is 2. The summed E-state index contributed by atoms with van der Waals surface area (Å²) in [5, 5.41) is 2.34. The van der Waals surface area contributed by atoms with E-state index < -0.39 is 23.7 Å². The van der Waals surface area contributed by atoms with E-state index >= 15 is 0 Å². The van der Waals surface area contributed by atoms with Gasteiger partial charge < -0.3 is 14.8 Å². The van der Waals surface area contributed by atoms with Gasteiger partial charge in [-0.25, -0.2) is 9.59 Å². The van der Waals surface area contributed by atoms with Crippen LogP contribution in [0.4, 0.5) is 4.79 Å². The lowest BCUT2D eigenvalue weighted by Crippen LogP contribution is -2.50. The van der Waals surface area contributed by atoms with Crippen LogP contribution >= 0.6 is 0 Å². The predicted molar refractivity (Wildman–Crippen MR) is 76.8 cm³/mol. The zero-order valence-electron chi connectivity index (χ0n) is 13.2. The van der Waals surface area contributed by atoms with E-state index in [1.165, 1.54) is 7.11 Å². The average Bonchev–Trinajstić information content (AvgIpc) is 2.42. The van der Waals surface area contributed by atoms with E-state index in [1.54, 1.807) is 20.8 Å². The molecule has 0 aliphatic heterocycles. The smallest absolute Gasteiger partial charge is 0.408 e. The van der Waals surface area contributed by atoms with Gasteiger partial charge in [0.25, 0.3) is 0 Å². The molecule has 1 atom stereocenters. The molecule has 1 saturated carbocycles. The van der Waals surface area contributed by atoms with Crippen LogP contribution < -0.4 is 5.32 Å². The van der Waals surface area contributed by atoms with Crippen LogP contribution in [-0.2, 0) is 19.1 Å². The monoisotopic (exact) mass is 299 g/mol. The molecule has 0 bridgehead atoms. The number of alkyl carbamates (subject to hydrolysis) is 1. The van der Waals surface area contributed by atoms with Gasteiger partial charge in [0.15, 0.2) is 11.8 Å². The molecule has 0 heterocycles. The van der Waals surface area contributed by atoms with Crippen molar-refractivity contribution in [3.05, 3.63) is 0 Å². The molecule has 1 aliphatic carbocycles. The average molecular weight is 299 g/mol. The Labute approximate surface area is 125 Å². The summed E-state index contributed by atoms with van der Waals surface area (Å²) in [5.41, 5.74) is -0.696. The summed E-state index contributed by atoms with van der Waals surface area (Å²) in [4.78, 5) is 36.0. The highest BCUT2D eigenvalue weighted by atomic mass is 16.6. The molecule has 0 aromatic carbocycles. The Morgan fingerprint density at radius 1 is 1.10 bits per heavy atom. The summed E-state index contributed by atoms with van der Waals surface area (Å²) < 4.78 is 9.72. The summed E-state index contributed by atoms with van der Waals surface area (Å²) in [7, 11) is 1.19. The molecular weight excluding hydrogens is 274 g/mol. The number of hydrogen-bond donors (Lipinski definition) is 1. The van der Waals surface area contributed by atoms with Crippen molar-refractivity contribution in [3.8, 4) is 0 Å². The van der Waals surface area contributed by atoms with Crippen LogP contribution in [0.15, 0.2) is 0 Å². The van der Waals surface area contributed by atoms with Crippen LogP contribution in [-0.4, -0.2) is 36.6 Å². The first-order chi connectivity index (χ1) is 9.74. The van der Waals surface area contributed by atoms with Crippen molar-refractivity contribution in [3.63, 3.8) is 0 Å². The van der Waals surface area contributed by atoms with Crippen LogP contribution in [0.25, 0.3) is 0 Å². The van der Waals surface area contributed by atoms with Gasteiger partial charge in [0.05, 0.1) is 7.11 Å². The third kappa shape index (κ3) is 5.73. The number of hydrogen-bond acceptors (Lipinski definition) is 5. The third-order valence-corrected chi connectivity index (χ3v) is 3.39. The maximum atomic E-state index is 12.4. The van der Waals surface area contributed by atoms with Gasteiger partial charge in [-0.15, -0.1) is 0 Å². The Kier molecular flexibility index (Phi) is 6.18. The summed E-state index contributed by atoms with van der Waals surface area (Å²) in [6.07, 6.45) is 3.76. The molecule has 1 fully saturated rings. The van der Waals surface area contributed by atoms with Crippen LogP contribution in [0, 0.1) is 5.92 Å². The third-order valence-electron chi connectivity index (χ3n) is 3.39. The number of amides is 1. The largest absolute Gasteiger partial charge is 0.467 e. The molecule has 21 heavy (non-hydrogen) atoms. The second-order valence-electron chi connectivity index (χ2n) is 6.34. The van der Waals surface area contributed by atoms with Gasteiger partial charge in [0.1, 0.15) is 5.60 Å². The summed E-state index contributed by atoms with van der Waals surface area (Å²) >= 11 is 0. The number of ketones is 1. The zero-order chi connectivity index (χ0) is 16.0. The van der Waals surface area contributed by atoms with Crippen molar-refractivity contribution in [2.75, 3.05) is 7.11 Å². The number of rotatable bonds is 4. The quantitative estimate of drug-likeness (QED) is 0.635. The first-order valence-corrected chi connectivity index (χ1v) is 7.35. The Balaban J connectivity index is 2.73. The second kappa shape index (κ2) is 7.43. The molecule has 1 rings (SSSR count). The highest BCUT2D eigenvalue weighted by molar-refractivity contribution is 6.06. The van der Waals surface area contributed by atoms with Crippen molar-refractivity contribution in [2.24, 2.45) is 5.92 Å². The Morgan fingerprint density at radius 3 is 2.14 bits per heavy atom. The van der Waals surface area contributed by atoms with Crippen molar-refractivity contribution >= 4 is 17.8 Å². The number of carbonyl (C=O) groups is 3. The molecule has 1 N–H and O–H groups in total. The van der Waals surface area contributed by atoms with Crippen molar-refractivity contribution in [2.45, 2.75) is 64.5 Å². The Morgan fingerprint density at radius 2 is 1.67 bits per heavy atom. The summed E-state index contributed by atoms with van der Waals surface area (Å²) in [6, 6.07) is -1.28. The highest BCUT2D eigenvalue weighted by Crippen LogP contribution is 2.25. The number of carbonyl (C=O) groups excluding carboxylic acids is 3. The molecule has 1 aliphatic rings. The molecule has 0 spiro atoms. The van der Waals surface area contributed by atoms with E-state index in [0.29, 0.717) is 0 Å². The fourth-order valence-corrected chi connectivity index (χ4v) is 2.41. The first kappa shape index (κ1) is 17.5. The van der Waals surface area contributed by atoms with Gasteiger partial charge in [0.2, 0.25) is 0 Å². The predicted octanol–water partition coefficient (Wildman–Crippen LogP) is 2.20. The van der Waals surface area contributed by atoms with Gasteiger partial charge in [-0.1, -0.05) is 19.3 Å². The molecule has 6 nitrogen and oxygen atoms in total. The van der Waals surface area contributed by atoms with Crippen LogP contribution in [0.5, 0.6) is 0 Å². The first-order valence-electron chi connectivity index (χ1n) is 7.35. The van der Waals surface area contributed by atoms with Crippen molar-refractivity contribution in [1.82, 2.24) is 5.32 Å². The zero-order valence-corrected chi connectivity index (χ0v) is 13.2. The fraction of sp³-hybridized carbons (Fsp3) is 0.800. The molecular formula is C15H25NO5. The normalized spacial score (nSPS) is 17.7. The minimum absolute atomic E-state index is 0.196. The number of methoxy groups -OCH3 is 1. The minimum Gasteiger partial charge on any atom is -0.467 e. The van der Waals surface area contributed by atoms with E-state index in [9.17, 15) is 14.4 Å². The number of esters is 1. The van der Waals surface area contributed by atoms with E-state index in [2.05, 4.69) is 10.1 Å². The minimum atomic E-state index is -1.28. The van der Waals surface area contributed by atoms with Gasteiger partial charge >= 0.3 is 12.1 Å². The fourth-order valence-electron chi connectivity index (χ4n) is 2.41. The van der Waals surface area contributed by atoms with Crippen LogP contribution in [0.1, 0.15) is 52.9 Å². The lowest BCUT2D eigenvalue weighted by atomic mass is 9.84. The standard InChI is InChI=1S/C15H25NO5/c1-15(2,3)21-14(19)16-11(13(18)20-4)12(17)10-8-6-5-7-9-10/h10-11H,5-9H2,1-4H3,(H,16,19). The Bertz CT molecular complexity index is 393. The second-order valence-corrected chi connectivity index (χ2v) is 6.34. The molecule has 1 amide bonds. The summed E-state index contributed by atoms with van der Waals surface area (Å²) in [6.45, 7) is 5.13. The maximum absolute atomic E-state index is 12.4. The van der Waals surface area contributed by atoms with E-state index in [0.717, 1.165) is 32.1 Å². The van der Waals surface area contributed by atoms with Gasteiger partial charge in [-0.05, 0) is 33.6 Å². The van der Waals surface area contributed by atoms with E-state index in [1.807, 2.05) is 0 Å². The van der Waals surface area contributed by atoms with Crippen molar-refractivity contribution in [1.29, 1.82) is 0 Å². The Hall–Kier alpha value is -1.59. The van der Waals surface area contributed by atoms with Crippen LogP contribution in [0.3, 0.4) is 0 Å². The number of nitrogens with one attached hydrogen (secondary N) is 1. The highest BCUT2D eigenvalue weighted by Gasteiger charge is 2.36. The molecule has 6 heteroatoms. The molecule has 0 saturated heterocycles. The SMILES string of the molecule is COC(=O)C(NC(=O)OC(C)(C)C)C(=O)C1CCCCC1. The van der Waals surface area contributed by atoms with Gasteiger partial charge in [-0.3, -0.25) is 4.79 Å². The van der Waals surface area contributed by atoms with Gasteiger partial charge in [-0.2, -0.15) is 0 Å². The van der Waals surface area contributed by atoms with E-state index in [-0.39, 0.29) is 11.7 Å². The molecule has 0 aromatic rings. The van der Waals surface area contributed by atoms with Gasteiger partial charge in [0, 0.05) is 5.92 Å². The molecule has 120 valence electrons. The lowest BCUT2D eigenvalue weighted by molar-refractivity contribution is -0.147. The lowest BCUT2D eigenvalue weighted by Gasteiger charge is -2.26. The summed E-state index contributed by atoms with van der Waals surface area (Å²) in [5.74, 6) is -1.23. The maximum Gasteiger partial charge on any atom is 0.408 e. The van der Waals surface area contributed by atoms with Crippen LogP contribution in [0.2, 0.25) is 0 Å². The molecule has 0 aromatic heterocycles. The molecule has 1 unspecified atom stereocenters. The van der Waals surface area contributed by atoms with Crippen molar-refractivity contribution < 1.29 is 23.9 Å². The topological polar surface area (TPSA) is 81.7 Å². The number of Topliss-reactive ketones (excluding diaryl/α,β-unsaturated/α-hetero) is 1. The van der Waals surface area contributed by atoms with E-state index in [4.69, 9.17) is 4.74 Å².